The van der Waals surface area contributed by atoms with Crippen LogP contribution in [0.3, 0.4) is 0 Å². The number of hydrogen-bond donors (Lipinski definition) is 4. The zero-order valence-corrected chi connectivity index (χ0v) is 18.5. The number of anilines is 1. The topological polar surface area (TPSA) is 110 Å². The maximum atomic E-state index is 12.5. The standard InChI is InChI=1S/C23H30NO6P/c1-2-3-7-21(25)17-8-10-18(11-9-17)24-19(13-22(26)23(24)27)15-30-14-16-5-4-6-20(12-16)31(28)29/h4-6,8-12,19,21-22,25-26,28-29H,2-3,7,13-15H2,1H3. The molecule has 3 unspecified atom stereocenters. The van der Waals surface area contributed by atoms with Gasteiger partial charge in [0.05, 0.1) is 25.4 Å². The van der Waals surface area contributed by atoms with Crippen molar-refractivity contribution in [1.82, 2.24) is 0 Å². The fraction of sp³-hybridized carbons (Fsp3) is 0.435. The SMILES string of the molecule is CCCCC(O)c1ccc(N2C(=O)C(O)CC2COCc2cccc(P(O)O)c2)cc1. The molecule has 1 aliphatic rings. The van der Waals surface area contributed by atoms with Crippen LogP contribution in [0, 0.1) is 0 Å². The summed E-state index contributed by atoms with van der Waals surface area (Å²) in [7, 11) is -2.16. The number of benzene rings is 2. The molecule has 7 nitrogen and oxygen atoms in total. The first-order valence-corrected chi connectivity index (χ1v) is 11.8. The van der Waals surface area contributed by atoms with Gasteiger partial charge >= 0.3 is 0 Å². The summed E-state index contributed by atoms with van der Waals surface area (Å²) in [4.78, 5) is 32.8. The molecular weight excluding hydrogens is 417 g/mol. The van der Waals surface area contributed by atoms with Gasteiger partial charge in [-0.3, -0.25) is 4.79 Å². The summed E-state index contributed by atoms with van der Waals surface area (Å²) in [6, 6.07) is 13.8. The van der Waals surface area contributed by atoms with Crippen LogP contribution in [0.15, 0.2) is 48.5 Å². The summed E-state index contributed by atoms with van der Waals surface area (Å²) in [5, 5.41) is 20.8. The number of carbonyl (C=O) groups is 1. The molecule has 3 rings (SSSR count). The predicted octanol–water partition coefficient (Wildman–Crippen LogP) is 2.52. The Morgan fingerprint density at radius 1 is 1.19 bits per heavy atom. The average Bonchev–Trinajstić information content (AvgIpc) is 3.05. The van der Waals surface area contributed by atoms with Gasteiger partial charge in [0, 0.05) is 17.4 Å². The first-order chi connectivity index (χ1) is 14.9. The number of hydrogen-bond acceptors (Lipinski definition) is 6. The molecule has 31 heavy (non-hydrogen) atoms. The Balaban J connectivity index is 1.64. The number of aliphatic hydroxyl groups is 2. The fourth-order valence-electron chi connectivity index (χ4n) is 3.79. The summed E-state index contributed by atoms with van der Waals surface area (Å²) < 4.78 is 5.79. The van der Waals surface area contributed by atoms with Gasteiger partial charge in [-0.25, -0.2) is 0 Å². The molecule has 168 valence electrons. The van der Waals surface area contributed by atoms with Crippen LogP contribution in [0.25, 0.3) is 0 Å². The van der Waals surface area contributed by atoms with Gasteiger partial charge in [0.25, 0.3) is 5.91 Å². The van der Waals surface area contributed by atoms with E-state index in [2.05, 4.69) is 6.92 Å². The monoisotopic (exact) mass is 447 g/mol. The van der Waals surface area contributed by atoms with Crippen LogP contribution in [0.1, 0.15) is 49.8 Å². The highest BCUT2D eigenvalue weighted by molar-refractivity contribution is 7.54. The molecule has 2 aromatic rings. The van der Waals surface area contributed by atoms with Gasteiger partial charge in [0.15, 0.2) is 8.38 Å². The van der Waals surface area contributed by atoms with Crippen molar-refractivity contribution in [3.05, 3.63) is 59.7 Å². The maximum absolute atomic E-state index is 12.5. The van der Waals surface area contributed by atoms with Crippen molar-refractivity contribution in [2.24, 2.45) is 0 Å². The molecule has 0 saturated carbocycles. The van der Waals surface area contributed by atoms with Crippen LogP contribution >= 0.6 is 8.38 Å². The van der Waals surface area contributed by atoms with Crippen molar-refractivity contribution in [2.45, 2.75) is 57.5 Å². The molecule has 8 heteroatoms. The van der Waals surface area contributed by atoms with E-state index < -0.39 is 20.6 Å². The lowest BCUT2D eigenvalue weighted by molar-refractivity contribution is -0.124. The summed E-state index contributed by atoms with van der Waals surface area (Å²) in [6.07, 6.45) is 1.34. The highest BCUT2D eigenvalue weighted by Crippen LogP contribution is 2.29. The molecule has 3 atom stereocenters. The second-order valence-electron chi connectivity index (χ2n) is 7.84. The molecule has 1 saturated heterocycles. The largest absolute Gasteiger partial charge is 0.388 e. The predicted molar refractivity (Wildman–Crippen MR) is 120 cm³/mol. The average molecular weight is 447 g/mol. The van der Waals surface area contributed by atoms with Gasteiger partial charge in [-0.2, -0.15) is 0 Å². The Hall–Kier alpha value is -1.86. The molecule has 0 bridgehead atoms. The minimum absolute atomic E-state index is 0.237. The van der Waals surface area contributed by atoms with E-state index in [1.165, 1.54) is 0 Å². The van der Waals surface area contributed by atoms with Crippen LogP contribution in [-0.4, -0.2) is 44.7 Å². The molecule has 1 heterocycles. The zero-order chi connectivity index (χ0) is 22.4. The highest BCUT2D eigenvalue weighted by Gasteiger charge is 2.39. The minimum atomic E-state index is -2.16. The second-order valence-corrected chi connectivity index (χ2v) is 8.93. The minimum Gasteiger partial charge on any atom is -0.388 e. The molecule has 4 N–H and O–H groups in total. The Morgan fingerprint density at radius 2 is 1.94 bits per heavy atom. The molecule has 2 aromatic carbocycles. The van der Waals surface area contributed by atoms with E-state index in [1.807, 2.05) is 18.2 Å². The van der Waals surface area contributed by atoms with Crippen molar-refractivity contribution in [3.63, 3.8) is 0 Å². The van der Waals surface area contributed by atoms with Crippen molar-refractivity contribution < 1.29 is 29.5 Å². The highest BCUT2D eigenvalue weighted by atomic mass is 31.2. The Morgan fingerprint density at radius 3 is 2.61 bits per heavy atom. The Labute approximate surface area is 183 Å². The van der Waals surface area contributed by atoms with Crippen molar-refractivity contribution in [3.8, 4) is 0 Å². The Kier molecular flexibility index (Phi) is 8.55. The van der Waals surface area contributed by atoms with Crippen molar-refractivity contribution in [2.75, 3.05) is 11.5 Å². The number of amides is 1. The van der Waals surface area contributed by atoms with Gasteiger partial charge in [0.2, 0.25) is 0 Å². The van der Waals surface area contributed by atoms with Crippen molar-refractivity contribution >= 4 is 25.3 Å². The van der Waals surface area contributed by atoms with E-state index in [4.69, 9.17) is 4.74 Å². The number of aliphatic hydroxyl groups excluding tert-OH is 2. The number of carbonyl (C=O) groups excluding carboxylic acids is 1. The number of ether oxygens (including phenoxy) is 1. The lowest BCUT2D eigenvalue weighted by atomic mass is 10.0. The van der Waals surface area contributed by atoms with E-state index in [0.717, 1.165) is 24.0 Å². The maximum Gasteiger partial charge on any atom is 0.256 e. The van der Waals surface area contributed by atoms with Gasteiger partial charge in [-0.1, -0.05) is 44.0 Å². The third-order valence-corrected chi connectivity index (χ3v) is 6.23. The molecule has 1 amide bonds. The molecular formula is C23H30NO6P. The fourth-order valence-corrected chi connectivity index (χ4v) is 4.29. The van der Waals surface area contributed by atoms with E-state index in [1.54, 1.807) is 35.2 Å². The molecule has 0 aliphatic carbocycles. The summed E-state index contributed by atoms with van der Waals surface area (Å²) in [5.74, 6) is -0.360. The van der Waals surface area contributed by atoms with Gasteiger partial charge in [0.1, 0.15) is 6.10 Å². The molecule has 0 spiro atoms. The first-order valence-electron chi connectivity index (χ1n) is 10.5. The lowest BCUT2D eigenvalue weighted by Gasteiger charge is -2.25. The number of rotatable bonds is 10. The third kappa shape index (κ3) is 6.10. The second kappa shape index (κ2) is 11.1. The van der Waals surface area contributed by atoms with E-state index in [-0.39, 0.29) is 31.6 Å². The van der Waals surface area contributed by atoms with Crippen LogP contribution in [0.5, 0.6) is 0 Å². The molecule has 0 aromatic heterocycles. The van der Waals surface area contributed by atoms with E-state index in [0.29, 0.717) is 17.4 Å². The van der Waals surface area contributed by atoms with Crippen LogP contribution < -0.4 is 10.2 Å². The van der Waals surface area contributed by atoms with Crippen molar-refractivity contribution in [1.29, 1.82) is 0 Å². The van der Waals surface area contributed by atoms with Gasteiger partial charge in [-0.15, -0.1) is 0 Å². The molecule has 1 fully saturated rings. The first kappa shape index (κ1) is 23.8. The summed E-state index contributed by atoms with van der Waals surface area (Å²) in [6.45, 7) is 2.57. The summed E-state index contributed by atoms with van der Waals surface area (Å²) >= 11 is 0. The van der Waals surface area contributed by atoms with E-state index >= 15 is 0 Å². The smallest absolute Gasteiger partial charge is 0.256 e. The lowest BCUT2D eigenvalue weighted by Crippen LogP contribution is -2.37. The van der Waals surface area contributed by atoms with Crippen LogP contribution in [0.2, 0.25) is 0 Å². The zero-order valence-electron chi connectivity index (χ0n) is 17.6. The molecule has 0 radical (unpaired) electrons. The van der Waals surface area contributed by atoms with Gasteiger partial charge in [-0.05, 0) is 41.8 Å². The molecule has 1 aliphatic heterocycles. The number of nitrogens with zero attached hydrogens (tertiary/aromatic N) is 1. The summed E-state index contributed by atoms with van der Waals surface area (Å²) in [5.41, 5.74) is 2.27. The normalized spacial score (nSPS) is 19.9. The van der Waals surface area contributed by atoms with Gasteiger partial charge < -0.3 is 29.6 Å². The van der Waals surface area contributed by atoms with Crippen LogP contribution in [0.4, 0.5) is 5.69 Å². The number of unbranched alkanes of at least 4 members (excludes halogenated alkanes) is 1. The van der Waals surface area contributed by atoms with Crippen LogP contribution in [-0.2, 0) is 16.1 Å². The van der Waals surface area contributed by atoms with E-state index in [9.17, 15) is 24.8 Å². The Bertz CT molecular complexity index is 859. The third-order valence-electron chi connectivity index (χ3n) is 5.49. The quantitative estimate of drug-likeness (QED) is 0.417.